The summed E-state index contributed by atoms with van der Waals surface area (Å²) in [5, 5.41) is 2.83. The highest BCUT2D eigenvalue weighted by Gasteiger charge is 2.16. The van der Waals surface area contributed by atoms with Crippen molar-refractivity contribution in [3.05, 3.63) is 40.6 Å². The number of anilines is 2. The molecule has 2 amide bonds. The predicted octanol–water partition coefficient (Wildman–Crippen LogP) is 3.81. The molecule has 0 aliphatic heterocycles. The molecule has 0 saturated heterocycles. The smallest absolute Gasteiger partial charge is 0.327 e. The highest BCUT2D eigenvalue weighted by atomic mass is 32.1. The lowest BCUT2D eigenvalue weighted by Gasteiger charge is -2.20. The average molecular weight is 331 g/mol. The van der Waals surface area contributed by atoms with Crippen LogP contribution in [0.3, 0.4) is 0 Å². The van der Waals surface area contributed by atoms with Gasteiger partial charge in [0.05, 0.1) is 5.52 Å². The number of hydrogen-bond acceptors (Lipinski definition) is 5. The number of thiazole rings is 1. The molecule has 0 bridgehead atoms. The van der Waals surface area contributed by atoms with E-state index in [1.54, 1.807) is 35.5 Å². The van der Waals surface area contributed by atoms with Crippen molar-refractivity contribution in [1.29, 1.82) is 0 Å². The molecule has 22 heavy (non-hydrogen) atoms. The largest absolute Gasteiger partial charge is 0.336 e. The van der Waals surface area contributed by atoms with E-state index in [1.165, 1.54) is 11.3 Å². The van der Waals surface area contributed by atoms with Crippen molar-refractivity contribution in [3.8, 4) is 0 Å². The van der Waals surface area contributed by atoms with Gasteiger partial charge in [0.15, 0.2) is 3.95 Å². The summed E-state index contributed by atoms with van der Waals surface area (Å²) in [4.78, 5) is 26.3. The summed E-state index contributed by atoms with van der Waals surface area (Å²) in [6.45, 7) is 2.41. The molecule has 0 radical (unpaired) electrons. The molecule has 0 unspecified atom stereocenters. The molecule has 3 aromatic rings. The van der Waals surface area contributed by atoms with Gasteiger partial charge in [0.25, 0.3) is 0 Å². The molecule has 0 aliphatic carbocycles. The second kappa shape index (κ2) is 6.20. The van der Waals surface area contributed by atoms with Gasteiger partial charge in [-0.05, 0) is 43.4 Å². The molecule has 3 aromatic heterocycles. The summed E-state index contributed by atoms with van der Waals surface area (Å²) in [6, 6.07) is 6.92. The minimum absolute atomic E-state index is 0.236. The van der Waals surface area contributed by atoms with Gasteiger partial charge in [0, 0.05) is 24.6 Å². The molecule has 3 rings (SSSR count). The summed E-state index contributed by atoms with van der Waals surface area (Å²) >= 11 is 6.50. The van der Waals surface area contributed by atoms with Crippen molar-refractivity contribution in [1.82, 2.24) is 15.0 Å². The predicted molar refractivity (Wildman–Crippen MR) is 91.1 cm³/mol. The first kappa shape index (κ1) is 14.6. The van der Waals surface area contributed by atoms with Gasteiger partial charge in [0.2, 0.25) is 0 Å². The van der Waals surface area contributed by atoms with Gasteiger partial charge in [0.1, 0.15) is 10.6 Å². The van der Waals surface area contributed by atoms with Crippen LogP contribution in [0.5, 0.6) is 0 Å². The van der Waals surface area contributed by atoms with Crippen LogP contribution in [-0.2, 0) is 0 Å². The van der Waals surface area contributed by atoms with E-state index in [2.05, 4.69) is 20.3 Å². The van der Waals surface area contributed by atoms with Gasteiger partial charge < -0.3 is 10.3 Å². The summed E-state index contributed by atoms with van der Waals surface area (Å²) in [6.07, 6.45) is 3.26. The van der Waals surface area contributed by atoms with E-state index in [4.69, 9.17) is 12.2 Å². The van der Waals surface area contributed by atoms with Crippen LogP contribution in [-0.4, -0.2) is 27.5 Å². The zero-order chi connectivity index (χ0) is 15.5. The topological polar surface area (TPSA) is 73.9 Å². The van der Waals surface area contributed by atoms with Crippen LogP contribution in [0.25, 0.3) is 10.3 Å². The number of aromatic nitrogens is 3. The van der Waals surface area contributed by atoms with Crippen molar-refractivity contribution >= 4 is 51.4 Å². The first-order chi connectivity index (χ1) is 10.7. The van der Waals surface area contributed by atoms with Crippen LogP contribution in [0.4, 0.5) is 16.3 Å². The number of carbonyl (C=O) groups excluding carboxylic acids is 1. The number of hydrogen-bond donors (Lipinski definition) is 2. The Bertz CT molecular complexity index is 858. The molecule has 112 valence electrons. The highest BCUT2D eigenvalue weighted by molar-refractivity contribution is 7.73. The third kappa shape index (κ3) is 2.97. The number of pyridine rings is 2. The minimum atomic E-state index is -0.236. The average Bonchev–Trinajstić information content (AvgIpc) is 2.88. The van der Waals surface area contributed by atoms with E-state index in [-0.39, 0.29) is 6.03 Å². The lowest BCUT2D eigenvalue weighted by Crippen LogP contribution is -2.35. The SMILES string of the molecule is CCN(C(=O)Nc1ccncc1)c1ccc2[nH]c(=S)sc2n1. The van der Waals surface area contributed by atoms with Crippen molar-refractivity contribution in [2.45, 2.75) is 6.92 Å². The Kier molecular flexibility index (Phi) is 4.12. The van der Waals surface area contributed by atoms with Crippen molar-refractivity contribution in [3.63, 3.8) is 0 Å². The van der Waals surface area contributed by atoms with Crippen molar-refractivity contribution < 1.29 is 4.79 Å². The zero-order valence-electron chi connectivity index (χ0n) is 11.7. The number of fused-ring (bicyclic) bond motifs is 1. The Balaban J connectivity index is 1.88. The molecule has 2 N–H and O–H groups in total. The molecule has 0 aliphatic rings. The molecule has 6 nitrogen and oxygen atoms in total. The lowest BCUT2D eigenvalue weighted by molar-refractivity contribution is 0.257. The zero-order valence-corrected chi connectivity index (χ0v) is 13.4. The molecule has 0 atom stereocenters. The molecule has 3 heterocycles. The van der Waals surface area contributed by atoms with Crippen LogP contribution in [0.15, 0.2) is 36.7 Å². The second-order valence-electron chi connectivity index (χ2n) is 4.45. The number of carbonyl (C=O) groups is 1. The van der Waals surface area contributed by atoms with E-state index >= 15 is 0 Å². The normalized spacial score (nSPS) is 10.6. The number of urea groups is 1. The fourth-order valence-electron chi connectivity index (χ4n) is 2.01. The Hall–Kier alpha value is -2.32. The Labute approximate surface area is 135 Å². The molecular formula is C14H13N5OS2. The number of H-pyrrole nitrogens is 1. The lowest BCUT2D eigenvalue weighted by atomic mass is 10.4. The number of amides is 2. The summed E-state index contributed by atoms with van der Waals surface area (Å²) in [5.41, 5.74) is 1.57. The maximum absolute atomic E-state index is 12.4. The summed E-state index contributed by atoms with van der Waals surface area (Å²) in [7, 11) is 0. The number of rotatable bonds is 3. The number of nitrogens with one attached hydrogen (secondary N) is 2. The third-order valence-corrected chi connectivity index (χ3v) is 4.19. The number of aromatic amines is 1. The maximum atomic E-state index is 12.4. The van der Waals surface area contributed by atoms with E-state index in [9.17, 15) is 4.79 Å². The van der Waals surface area contributed by atoms with Gasteiger partial charge in [-0.1, -0.05) is 11.3 Å². The monoisotopic (exact) mass is 331 g/mol. The first-order valence-corrected chi connectivity index (χ1v) is 7.88. The minimum Gasteiger partial charge on any atom is -0.336 e. The molecule has 0 saturated carbocycles. The van der Waals surface area contributed by atoms with Crippen molar-refractivity contribution in [2.24, 2.45) is 0 Å². The molecule has 0 aromatic carbocycles. The standard InChI is InChI=1S/C14H13N5OS2/c1-2-19(13(20)16-9-5-7-15-8-6-9)11-4-3-10-12(18-11)22-14(21)17-10/h3-8H,2H2,1H3,(H,17,21)(H,15,16,20). The van der Waals surface area contributed by atoms with Crippen LogP contribution < -0.4 is 10.2 Å². The Morgan fingerprint density at radius 1 is 1.36 bits per heavy atom. The fraction of sp³-hybridized carbons (Fsp3) is 0.143. The van der Waals surface area contributed by atoms with Crippen LogP contribution in [0.2, 0.25) is 0 Å². The molecule has 8 heteroatoms. The highest BCUT2D eigenvalue weighted by Crippen LogP contribution is 2.22. The third-order valence-electron chi connectivity index (χ3n) is 3.04. The van der Waals surface area contributed by atoms with Crippen molar-refractivity contribution in [2.75, 3.05) is 16.8 Å². The van der Waals surface area contributed by atoms with Gasteiger partial charge in [-0.3, -0.25) is 9.88 Å². The molecular weight excluding hydrogens is 318 g/mol. The van der Waals surface area contributed by atoms with Gasteiger partial charge in [-0.25, -0.2) is 9.78 Å². The molecule has 0 fully saturated rings. The van der Waals surface area contributed by atoms with E-state index < -0.39 is 0 Å². The Morgan fingerprint density at radius 2 is 2.14 bits per heavy atom. The fourth-order valence-corrected chi connectivity index (χ4v) is 3.06. The summed E-state index contributed by atoms with van der Waals surface area (Å²) < 4.78 is 0.670. The van der Waals surface area contributed by atoms with Crippen LogP contribution >= 0.6 is 23.6 Å². The second-order valence-corrected chi connectivity index (χ2v) is 6.11. The first-order valence-electron chi connectivity index (χ1n) is 6.66. The van der Waals surface area contributed by atoms with E-state index in [0.717, 1.165) is 10.3 Å². The van der Waals surface area contributed by atoms with Gasteiger partial charge >= 0.3 is 6.03 Å². The quantitative estimate of drug-likeness (QED) is 0.716. The van der Waals surface area contributed by atoms with E-state index in [0.29, 0.717) is 22.0 Å². The summed E-state index contributed by atoms with van der Waals surface area (Å²) in [5.74, 6) is 0.590. The van der Waals surface area contributed by atoms with Crippen LogP contribution in [0, 0.1) is 3.95 Å². The number of nitrogens with zero attached hydrogens (tertiary/aromatic N) is 3. The Morgan fingerprint density at radius 3 is 2.86 bits per heavy atom. The maximum Gasteiger partial charge on any atom is 0.327 e. The molecule has 0 spiro atoms. The van der Waals surface area contributed by atoms with Gasteiger partial charge in [-0.2, -0.15) is 0 Å². The van der Waals surface area contributed by atoms with E-state index in [1.807, 2.05) is 13.0 Å². The van der Waals surface area contributed by atoms with Gasteiger partial charge in [-0.15, -0.1) is 0 Å². The van der Waals surface area contributed by atoms with Crippen LogP contribution in [0.1, 0.15) is 6.92 Å².